The molecule has 3 N–H and O–H groups in total. The number of nitrogens with two attached hydrogens (primary N) is 1. The number of pyridine rings is 1. The highest BCUT2D eigenvalue weighted by Crippen LogP contribution is 2.29. The molecule has 0 unspecified atom stereocenters. The van der Waals surface area contributed by atoms with Crippen molar-refractivity contribution < 1.29 is 4.79 Å². The zero-order valence-electron chi connectivity index (χ0n) is 15.5. The molecule has 0 saturated heterocycles. The molecule has 0 aliphatic carbocycles. The van der Waals surface area contributed by atoms with Gasteiger partial charge in [-0.1, -0.05) is 36.8 Å². The number of aromatic nitrogens is 1. The van der Waals surface area contributed by atoms with Gasteiger partial charge in [-0.25, -0.2) is 4.98 Å². The molecule has 1 heterocycles. The van der Waals surface area contributed by atoms with E-state index < -0.39 is 0 Å². The Morgan fingerprint density at radius 1 is 1.04 bits per heavy atom. The Morgan fingerprint density at radius 3 is 2.62 bits per heavy atom. The summed E-state index contributed by atoms with van der Waals surface area (Å²) in [6.07, 6.45) is 3.22. The molecule has 1 amide bonds. The number of rotatable bonds is 7. The molecule has 1 aromatic heterocycles. The lowest BCUT2D eigenvalue weighted by molar-refractivity contribution is 0.0954. The van der Waals surface area contributed by atoms with E-state index in [1.165, 1.54) is 0 Å². The van der Waals surface area contributed by atoms with E-state index in [2.05, 4.69) is 24.3 Å². The van der Waals surface area contributed by atoms with Crippen LogP contribution in [0.15, 0.2) is 42.5 Å². The summed E-state index contributed by atoms with van der Waals surface area (Å²) >= 11 is 0. The second kappa shape index (κ2) is 8.15. The molecule has 0 atom stereocenters. The lowest BCUT2D eigenvalue weighted by Gasteiger charge is -2.11. The van der Waals surface area contributed by atoms with Crippen molar-refractivity contribution in [2.24, 2.45) is 0 Å². The van der Waals surface area contributed by atoms with E-state index in [0.29, 0.717) is 23.3 Å². The van der Waals surface area contributed by atoms with E-state index in [4.69, 9.17) is 10.7 Å². The Kier molecular flexibility index (Phi) is 5.68. The van der Waals surface area contributed by atoms with Gasteiger partial charge in [0, 0.05) is 17.3 Å². The predicted molar refractivity (Wildman–Crippen MR) is 108 cm³/mol. The van der Waals surface area contributed by atoms with Gasteiger partial charge in [0.1, 0.15) is 0 Å². The summed E-state index contributed by atoms with van der Waals surface area (Å²) in [6, 6.07) is 13.3. The van der Waals surface area contributed by atoms with Crippen LogP contribution in [0.2, 0.25) is 0 Å². The number of benzene rings is 2. The second-order valence-corrected chi connectivity index (χ2v) is 6.86. The molecule has 0 aliphatic heterocycles. The Morgan fingerprint density at radius 2 is 1.81 bits per heavy atom. The van der Waals surface area contributed by atoms with E-state index in [9.17, 15) is 4.79 Å². The molecule has 136 valence electrons. The fourth-order valence-corrected chi connectivity index (χ4v) is 3.16. The van der Waals surface area contributed by atoms with Crippen LogP contribution in [0, 0.1) is 0 Å². The minimum Gasteiger partial charge on any atom is -0.398 e. The third kappa shape index (κ3) is 3.94. The molecular weight excluding hydrogens is 324 g/mol. The van der Waals surface area contributed by atoms with E-state index in [1.807, 2.05) is 42.5 Å². The summed E-state index contributed by atoms with van der Waals surface area (Å²) in [5, 5.41) is 4.75. The average molecular weight is 350 g/mol. The van der Waals surface area contributed by atoms with Crippen LogP contribution in [-0.4, -0.2) is 43.0 Å². The van der Waals surface area contributed by atoms with Gasteiger partial charge in [0.05, 0.1) is 22.3 Å². The molecule has 0 fully saturated rings. The number of nitrogens with one attached hydrogen (secondary N) is 1. The van der Waals surface area contributed by atoms with E-state index >= 15 is 0 Å². The number of fused-ring (bicyclic) bond motifs is 2. The largest absolute Gasteiger partial charge is 0.398 e. The van der Waals surface area contributed by atoms with Gasteiger partial charge >= 0.3 is 0 Å². The third-order valence-corrected chi connectivity index (χ3v) is 4.56. The third-order valence-electron chi connectivity index (χ3n) is 4.56. The fraction of sp³-hybridized carbons (Fsp3) is 0.333. The molecule has 26 heavy (non-hydrogen) atoms. The van der Waals surface area contributed by atoms with Crippen LogP contribution < -0.4 is 11.1 Å². The fourth-order valence-electron chi connectivity index (χ4n) is 3.16. The maximum atomic E-state index is 12.6. The number of carbonyl (C=O) groups excluding carboxylic acids is 1. The number of hydrogen-bond acceptors (Lipinski definition) is 4. The number of hydrogen-bond donors (Lipinski definition) is 2. The van der Waals surface area contributed by atoms with Gasteiger partial charge in [-0.05, 0) is 45.6 Å². The van der Waals surface area contributed by atoms with Gasteiger partial charge in [-0.15, -0.1) is 0 Å². The molecule has 0 spiro atoms. The Bertz CT molecular complexity index is 920. The van der Waals surface area contributed by atoms with Crippen molar-refractivity contribution in [2.45, 2.75) is 19.3 Å². The van der Waals surface area contributed by atoms with Crippen LogP contribution in [-0.2, 0) is 0 Å². The lowest BCUT2D eigenvalue weighted by Crippen LogP contribution is -2.25. The van der Waals surface area contributed by atoms with Crippen molar-refractivity contribution in [2.75, 3.05) is 32.9 Å². The van der Waals surface area contributed by atoms with Crippen LogP contribution in [0.3, 0.4) is 0 Å². The molecule has 0 saturated carbocycles. The van der Waals surface area contributed by atoms with Crippen LogP contribution >= 0.6 is 0 Å². The van der Waals surface area contributed by atoms with Crippen LogP contribution in [0.25, 0.3) is 21.8 Å². The van der Waals surface area contributed by atoms with E-state index in [1.54, 1.807) is 0 Å². The second-order valence-electron chi connectivity index (χ2n) is 6.86. The van der Waals surface area contributed by atoms with Crippen molar-refractivity contribution in [1.29, 1.82) is 0 Å². The van der Waals surface area contributed by atoms with Crippen LogP contribution in [0.1, 0.15) is 29.6 Å². The minimum absolute atomic E-state index is 0.0922. The number of para-hydroxylation sites is 2. The summed E-state index contributed by atoms with van der Waals surface area (Å²) in [4.78, 5) is 19.5. The molecular formula is C21H26N4O. The topological polar surface area (TPSA) is 71.2 Å². The number of amides is 1. The molecule has 3 aromatic rings. The summed E-state index contributed by atoms with van der Waals surface area (Å²) in [7, 11) is 4.15. The highest BCUT2D eigenvalue weighted by atomic mass is 16.1. The Labute approximate surface area is 154 Å². The SMILES string of the molecule is CN(C)CCCCCNC(=O)c1cccc2c(N)c3ccccc3nc12. The first kappa shape index (κ1) is 18.1. The number of carbonyl (C=O) groups is 1. The van der Waals surface area contributed by atoms with Gasteiger partial charge < -0.3 is 16.0 Å². The molecule has 2 aromatic carbocycles. The summed E-state index contributed by atoms with van der Waals surface area (Å²) < 4.78 is 0. The maximum Gasteiger partial charge on any atom is 0.253 e. The quantitative estimate of drug-likeness (QED) is 0.506. The van der Waals surface area contributed by atoms with E-state index in [-0.39, 0.29) is 5.91 Å². The normalized spacial score (nSPS) is 11.3. The Balaban J connectivity index is 1.76. The lowest BCUT2D eigenvalue weighted by atomic mass is 10.0. The zero-order chi connectivity index (χ0) is 18.5. The first-order valence-electron chi connectivity index (χ1n) is 9.08. The van der Waals surface area contributed by atoms with Gasteiger partial charge in [0.15, 0.2) is 0 Å². The molecule has 5 nitrogen and oxygen atoms in total. The predicted octanol–water partition coefficient (Wildman–Crippen LogP) is 3.43. The standard InChI is InChI=1S/C21H26N4O/c1-25(2)14-7-3-6-13-23-21(26)17-11-8-10-16-19(22)15-9-4-5-12-18(15)24-20(16)17/h4-5,8-12H,3,6-7,13-14H2,1-2H3,(H2,22,24)(H,23,26). The van der Waals surface area contributed by atoms with Crippen molar-refractivity contribution >= 4 is 33.4 Å². The summed E-state index contributed by atoms with van der Waals surface area (Å²) in [6.45, 7) is 1.75. The van der Waals surface area contributed by atoms with Crippen molar-refractivity contribution in [3.8, 4) is 0 Å². The highest BCUT2D eigenvalue weighted by molar-refractivity contribution is 6.13. The molecule has 0 bridgehead atoms. The molecule has 3 rings (SSSR count). The first-order chi connectivity index (χ1) is 12.6. The van der Waals surface area contributed by atoms with E-state index in [0.717, 1.165) is 42.1 Å². The molecule has 5 heteroatoms. The van der Waals surface area contributed by atoms with Gasteiger partial charge in [-0.2, -0.15) is 0 Å². The molecule has 0 aliphatic rings. The first-order valence-corrected chi connectivity index (χ1v) is 9.08. The highest BCUT2D eigenvalue weighted by Gasteiger charge is 2.14. The Hall–Kier alpha value is -2.66. The van der Waals surface area contributed by atoms with Gasteiger partial charge in [0.2, 0.25) is 0 Å². The minimum atomic E-state index is -0.0922. The monoisotopic (exact) mass is 350 g/mol. The summed E-state index contributed by atoms with van der Waals surface area (Å²) in [5.41, 5.74) is 9.04. The number of unbranched alkanes of at least 4 members (excludes halogenated alkanes) is 2. The molecule has 0 radical (unpaired) electrons. The number of anilines is 1. The van der Waals surface area contributed by atoms with Crippen molar-refractivity contribution in [1.82, 2.24) is 15.2 Å². The average Bonchev–Trinajstić information content (AvgIpc) is 2.64. The number of nitrogens with zero attached hydrogens (tertiary/aromatic N) is 2. The summed E-state index contributed by atoms with van der Waals surface area (Å²) in [5.74, 6) is -0.0922. The van der Waals surface area contributed by atoms with Gasteiger partial charge in [-0.3, -0.25) is 4.79 Å². The van der Waals surface area contributed by atoms with Crippen molar-refractivity contribution in [3.05, 3.63) is 48.0 Å². The smallest absolute Gasteiger partial charge is 0.253 e. The van der Waals surface area contributed by atoms with Gasteiger partial charge in [0.25, 0.3) is 5.91 Å². The number of nitrogen functional groups attached to an aromatic ring is 1. The van der Waals surface area contributed by atoms with Crippen LogP contribution in [0.5, 0.6) is 0 Å². The maximum absolute atomic E-state index is 12.6. The van der Waals surface area contributed by atoms with Crippen LogP contribution in [0.4, 0.5) is 5.69 Å². The van der Waals surface area contributed by atoms with Crippen molar-refractivity contribution in [3.63, 3.8) is 0 Å². The zero-order valence-corrected chi connectivity index (χ0v) is 15.5.